The van der Waals surface area contributed by atoms with Crippen molar-refractivity contribution in [3.8, 4) is 0 Å². The van der Waals surface area contributed by atoms with Gasteiger partial charge in [-0.3, -0.25) is 4.18 Å². The molecule has 1 unspecified atom stereocenters. The predicted octanol–water partition coefficient (Wildman–Crippen LogP) is 2.19. The third-order valence-electron chi connectivity index (χ3n) is 1.90. The molecule has 0 aromatic heterocycles. The second kappa shape index (κ2) is 4.57. The van der Waals surface area contributed by atoms with Crippen molar-refractivity contribution < 1.29 is 12.6 Å². The molecule has 0 bridgehead atoms. The Bertz CT molecular complexity index is 370. The van der Waals surface area contributed by atoms with Crippen LogP contribution >= 0.6 is 0 Å². The van der Waals surface area contributed by atoms with Crippen LogP contribution in [0.25, 0.3) is 0 Å². The van der Waals surface area contributed by atoms with Crippen molar-refractivity contribution in [3.05, 3.63) is 30.3 Å². The lowest BCUT2D eigenvalue weighted by molar-refractivity contribution is 0.224. The molecule has 0 fully saturated rings. The first-order valence-electron chi connectivity index (χ1n) is 4.54. The molecule has 78 valence electrons. The summed E-state index contributed by atoms with van der Waals surface area (Å²) in [5.74, 6) is 0. The van der Waals surface area contributed by atoms with Gasteiger partial charge in [0.2, 0.25) is 0 Å². The Morgan fingerprint density at radius 2 is 1.86 bits per heavy atom. The Morgan fingerprint density at radius 1 is 1.29 bits per heavy atom. The first-order chi connectivity index (χ1) is 6.56. The van der Waals surface area contributed by atoms with Gasteiger partial charge in [0.05, 0.1) is 11.0 Å². The fourth-order valence-corrected chi connectivity index (χ4v) is 2.10. The largest absolute Gasteiger partial charge is 0.297 e. The quantitative estimate of drug-likeness (QED) is 0.721. The van der Waals surface area contributed by atoms with Crippen LogP contribution in [0.15, 0.2) is 35.2 Å². The topological polar surface area (TPSA) is 43.4 Å². The SMILES string of the molecule is CCC(C)OS(=O)(=O)c1ccccc1. The van der Waals surface area contributed by atoms with E-state index in [1.54, 1.807) is 25.1 Å². The molecular weight excluding hydrogens is 200 g/mol. The van der Waals surface area contributed by atoms with Crippen LogP contribution in [-0.4, -0.2) is 14.5 Å². The molecule has 0 aliphatic heterocycles. The first-order valence-corrected chi connectivity index (χ1v) is 5.95. The normalized spacial score (nSPS) is 13.9. The fourth-order valence-electron chi connectivity index (χ4n) is 0.927. The first kappa shape index (κ1) is 11.2. The average molecular weight is 214 g/mol. The van der Waals surface area contributed by atoms with Crippen molar-refractivity contribution in [1.82, 2.24) is 0 Å². The number of hydrogen-bond donors (Lipinski definition) is 0. The highest BCUT2D eigenvalue weighted by atomic mass is 32.2. The summed E-state index contributed by atoms with van der Waals surface area (Å²) in [7, 11) is -3.57. The van der Waals surface area contributed by atoms with E-state index >= 15 is 0 Å². The minimum atomic E-state index is -3.57. The molecular formula is C10H14O3S. The molecule has 0 amide bonds. The lowest BCUT2D eigenvalue weighted by Gasteiger charge is -2.10. The van der Waals surface area contributed by atoms with Gasteiger partial charge in [-0.2, -0.15) is 8.42 Å². The molecule has 4 heteroatoms. The summed E-state index contributed by atoms with van der Waals surface area (Å²) < 4.78 is 28.1. The molecule has 0 saturated carbocycles. The van der Waals surface area contributed by atoms with Gasteiger partial charge in [-0.25, -0.2) is 0 Å². The van der Waals surface area contributed by atoms with Crippen LogP contribution in [0.5, 0.6) is 0 Å². The Kier molecular flexibility index (Phi) is 3.66. The van der Waals surface area contributed by atoms with Crippen molar-refractivity contribution in [3.63, 3.8) is 0 Å². The van der Waals surface area contributed by atoms with Crippen molar-refractivity contribution >= 4 is 10.1 Å². The van der Waals surface area contributed by atoms with E-state index in [9.17, 15) is 8.42 Å². The Balaban J connectivity index is 2.87. The summed E-state index contributed by atoms with van der Waals surface area (Å²) in [5.41, 5.74) is 0. The summed E-state index contributed by atoms with van der Waals surface area (Å²) in [6, 6.07) is 8.16. The van der Waals surface area contributed by atoms with Crippen LogP contribution < -0.4 is 0 Å². The molecule has 0 N–H and O–H groups in total. The highest BCUT2D eigenvalue weighted by Crippen LogP contribution is 2.14. The van der Waals surface area contributed by atoms with E-state index in [2.05, 4.69) is 0 Å². The third kappa shape index (κ3) is 2.82. The molecule has 0 aliphatic rings. The van der Waals surface area contributed by atoms with E-state index < -0.39 is 10.1 Å². The molecule has 1 aromatic carbocycles. The lowest BCUT2D eigenvalue weighted by atomic mass is 10.3. The second-order valence-electron chi connectivity index (χ2n) is 3.08. The number of benzene rings is 1. The zero-order chi connectivity index (χ0) is 10.6. The molecule has 0 aliphatic carbocycles. The van der Waals surface area contributed by atoms with Gasteiger partial charge in [0.15, 0.2) is 0 Å². The van der Waals surface area contributed by atoms with Gasteiger partial charge in [0, 0.05) is 0 Å². The molecule has 0 spiro atoms. The molecule has 14 heavy (non-hydrogen) atoms. The third-order valence-corrected chi connectivity index (χ3v) is 3.33. The van der Waals surface area contributed by atoms with Crippen molar-refractivity contribution in [1.29, 1.82) is 0 Å². The number of rotatable bonds is 4. The van der Waals surface area contributed by atoms with Gasteiger partial charge in [-0.05, 0) is 25.5 Å². The fraction of sp³-hybridized carbons (Fsp3) is 0.400. The molecule has 1 atom stereocenters. The van der Waals surface area contributed by atoms with Crippen molar-refractivity contribution in [2.75, 3.05) is 0 Å². The van der Waals surface area contributed by atoms with Gasteiger partial charge in [-0.15, -0.1) is 0 Å². The van der Waals surface area contributed by atoms with Crippen LogP contribution in [-0.2, 0) is 14.3 Å². The van der Waals surface area contributed by atoms with E-state index in [4.69, 9.17) is 4.18 Å². The summed E-state index contributed by atoms with van der Waals surface area (Å²) in [4.78, 5) is 0.209. The molecule has 0 heterocycles. The zero-order valence-corrected chi connectivity index (χ0v) is 9.12. The van der Waals surface area contributed by atoms with Crippen LogP contribution in [0, 0.1) is 0 Å². The van der Waals surface area contributed by atoms with Crippen molar-refractivity contribution in [2.45, 2.75) is 31.3 Å². The van der Waals surface area contributed by atoms with E-state index in [-0.39, 0.29) is 11.0 Å². The van der Waals surface area contributed by atoms with Crippen LogP contribution in [0.2, 0.25) is 0 Å². The smallest absolute Gasteiger partial charge is 0.263 e. The summed E-state index contributed by atoms with van der Waals surface area (Å²) in [6.45, 7) is 3.62. The van der Waals surface area contributed by atoms with Gasteiger partial charge >= 0.3 is 0 Å². The van der Waals surface area contributed by atoms with E-state index in [1.807, 2.05) is 6.92 Å². The predicted molar refractivity (Wildman–Crippen MR) is 54.5 cm³/mol. The molecule has 1 rings (SSSR count). The Hall–Kier alpha value is -0.870. The minimum absolute atomic E-state index is 0.209. The number of hydrogen-bond acceptors (Lipinski definition) is 3. The second-order valence-corrected chi connectivity index (χ2v) is 4.65. The van der Waals surface area contributed by atoms with E-state index in [1.165, 1.54) is 12.1 Å². The summed E-state index contributed by atoms with van der Waals surface area (Å²) in [6.07, 6.45) is 0.395. The standard InChI is InChI=1S/C10H14O3S/c1-3-9(2)13-14(11,12)10-7-5-4-6-8-10/h4-9H,3H2,1-2H3. The van der Waals surface area contributed by atoms with Gasteiger partial charge in [0.25, 0.3) is 10.1 Å². The van der Waals surface area contributed by atoms with Gasteiger partial charge < -0.3 is 0 Å². The Labute approximate surface area is 84.8 Å². The van der Waals surface area contributed by atoms with Gasteiger partial charge in [-0.1, -0.05) is 25.1 Å². The lowest BCUT2D eigenvalue weighted by Crippen LogP contribution is -2.14. The van der Waals surface area contributed by atoms with Crippen LogP contribution in [0.3, 0.4) is 0 Å². The van der Waals surface area contributed by atoms with Crippen LogP contribution in [0.4, 0.5) is 0 Å². The van der Waals surface area contributed by atoms with Gasteiger partial charge in [0.1, 0.15) is 0 Å². The zero-order valence-electron chi connectivity index (χ0n) is 8.30. The molecule has 1 aromatic rings. The maximum Gasteiger partial charge on any atom is 0.297 e. The molecule has 0 saturated heterocycles. The van der Waals surface area contributed by atoms with Crippen molar-refractivity contribution in [2.24, 2.45) is 0 Å². The minimum Gasteiger partial charge on any atom is -0.263 e. The maximum atomic E-state index is 11.6. The van der Waals surface area contributed by atoms with E-state index in [0.717, 1.165) is 0 Å². The molecule has 0 radical (unpaired) electrons. The summed E-state index contributed by atoms with van der Waals surface area (Å²) in [5, 5.41) is 0. The monoisotopic (exact) mass is 214 g/mol. The van der Waals surface area contributed by atoms with E-state index in [0.29, 0.717) is 6.42 Å². The Morgan fingerprint density at radius 3 is 2.36 bits per heavy atom. The highest BCUT2D eigenvalue weighted by molar-refractivity contribution is 7.86. The summed E-state index contributed by atoms with van der Waals surface area (Å²) >= 11 is 0. The highest BCUT2D eigenvalue weighted by Gasteiger charge is 2.17. The molecule has 3 nitrogen and oxygen atoms in total. The average Bonchev–Trinajstić information content (AvgIpc) is 2.18. The maximum absolute atomic E-state index is 11.6. The van der Waals surface area contributed by atoms with Crippen LogP contribution in [0.1, 0.15) is 20.3 Å².